The van der Waals surface area contributed by atoms with Crippen molar-refractivity contribution in [1.29, 1.82) is 0 Å². The molecule has 14 nitrogen and oxygen atoms in total. The third-order valence-electron chi connectivity index (χ3n) is 6.28. The molecule has 45 heavy (non-hydrogen) atoms. The molecule has 0 bridgehead atoms. The maximum Gasteiger partial charge on any atom is 0.328 e. The number of ether oxygens (including phenoxy) is 2. The lowest BCUT2D eigenvalue weighted by molar-refractivity contribution is -0.146. The van der Waals surface area contributed by atoms with Crippen molar-refractivity contribution in [1.82, 2.24) is 10.6 Å². The number of carbonyl (C=O) groups is 8. The lowest BCUT2D eigenvalue weighted by atomic mass is 10.0. The quantitative estimate of drug-likeness (QED) is 0.149. The van der Waals surface area contributed by atoms with Gasteiger partial charge in [-0.3, -0.25) is 28.8 Å². The van der Waals surface area contributed by atoms with Crippen LogP contribution in [0, 0.1) is 11.8 Å². The molecular formula is C30H35ClN4O10. The Bertz CT molecular complexity index is 1360. The van der Waals surface area contributed by atoms with Gasteiger partial charge in [-0.15, -0.1) is 12.4 Å². The Balaban J connectivity index is 0.0000101. The summed E-state index contributed by atoms with van der Waals surface area (Å²) in [7, 11) is 2.27. The van der Waals surface area contributed by atoms with E-state index in [2.05, 4.69) is 30.7 Å². The Kier molecular flexibility index (Phi) is 14.5. The van der Waals surface area contributed by atoms with Crippen LogP contribution in [-0.4, -0.2) is 73.4 Å². The number of anilines is 2. The first-order valence-corrected chi connectivity index (χ1v) is 13.4. The van der Waals surface area contributed by atoms with Gasteiger partial charge in [0.2, 0.25) is 0 Å². The molecule has 4 N–H and O–H groups in total. The predicted octanol–water partition coefficient (Wildman–Crippen LogP) is 1.68. The molecule has 0 saturated carbocycles. The summed E-state index contributed by atoms with van der Waals surface area (Å²) in [6.45, 7) is 6.56. The Labute approximate surface area is 265 Å². The highest BCUT2D eigenvalue weighted by atomic mass is 35.5. The first-order valence-electron chi connectivity index (χ1n) is 13.4. The van der Waals surface area contributed by atoms with Gasteiger partial charge in [0.1, 0.15) is 12.1 Å². The van der Waals surface area contributed by atoms with Crippen molar-refractivity contribution in [3.63, 3.8) is 0 Å². The smallest absolute Gasteiger partial charge is 0.328 e. The summed E-state index contributed by atoms with van der Waals surface area (Å²) in [5, 5.41) is 9.11. The fourth-order valence-corrected chi connectivity index (χ4v) is 3.85. The molecular weight excluding hydrogens is 612 g/mol. The number of para-hydroxylation sites is 2. The van der Waals surface area contributed by atoms with E-state index >= 15 is 0 Å². The second-order valence-electron chi connectivity index (χ2n) is 10.1. The van der Waals surface area contributed by atoms with Gasteiger partial charge in [0.15, 0.2) is 0 Å². The van der Waals surface area contributed by atoms with Gasteiger partial charge in [-0.1, -0.05) is 52.0 Å². The molecule has 15 heteroatoms. The Morgan fingerprint density at radius 3 is 1.13 bits per heavy atom. The molecule has 0 aromatic heterocycles. The lowest BCUT2D eigenvalue weighted by Crippen LogP contribution is -2.47. The average Bonchev–Trinajstić information content (AvgIpc) is 3.00. The van der Waals surface area contributed by atoms with Crippen molar-refractivity contribution in [2.45, 2.75) is 39.8 Å². The molecule has 4 amide bonds. The average molecular weight is 647 g/mol. The Morgan fingerprint density at radius 2 is 0.844 bits per heavy atom. The van der Waals surface area contributed by atoms with Crippen LogP contribution in [0.25, 0.3) is 0 Å². The number of methoxy groups -OCH3 is 2. The van der Waals surface area contributed by atoms with Crippen LogP contribution in [0.15, 0.2) is 48.5 Å². The van der Waals surface area contributed by atoms with E-state index in [9.17, 15) is 38.4 Å². The third kappa shape index (κ3) is 9.96. The van der Waals surface area contributed by atoms with Crippen LogP contribution in [0.4, 0.5) is 11.4 Å². The van der Waals surface area contributed by atoms with Gasteiger partial charge in [0.25, 0.3) is 23.4 Å². The monoisotopic (exact) mass is 646 g/mol. The van der Waals surface area contributed by atoms with Crippen molar-refractivity contribution in [3.05, 3.63) is 59.7 Å². The SMILES string of the molecule is COC(=O)[C@@H](NC(=O)C(=O)c1ccccc1NC(=O)C(=O)Nc1ccccc1C(=O)C(=O)N[C@H](C(=O)OC)C(C)C)C(C)C.Cl. The molecule has 2 atom stereocenters. The molecule has 0 radical (unpaired) electrons. The lowest BCUT2D eigenvalue weighted by Gasteiger charge is -2.20. The van der Waals surface area contributed by atoms with Crippen molar-refractivity contribution in [2.24, 2.45) is 11.8 Å². The maximum atomic E-state index is 12.9. The number of hydrogen-bond acceptors (Lipinski definition) is 10. The summed E-state index contributed by atoms with van der Waals surface area (Å²) in [6, 6.07) is 8.56. The van der Waals surface area contributed by atoms with Gasteiger partial charge < -0.3 is 30.7 Å². The van der Waals surface area contributed by atoms with Crippen LogP contribution in [0.3, 0.4) is 0 Å². The van der Waals surface area contributed by atoms with Gasteiger partial charge in [-0.25, -0.2) is 9.59 Å². The van der Waals surface area contributed by atoms with E-state index in [4.69, 9.17) is 0 Å². The highest BCUT2D eigenvalue weighted by Gasteiger charge is 2.31. The van der Waals surface area contributed by atoms with Gasteiger partial charge in [0, 0.05) is 0 Å². The largest absolute Gasteiger partial charge is 0.467 e. The molecule has 0 heterocycles. The summed E-state index contributed by atoms with van der Waals surface area (Å²) in [6.07, 6.45) is 0. The number of benzene rings is 2. The second kappa shape index (κ2) is 17.3. The molecule has 0 spiro atoms. The minimum atomic E-state index is -1.27. The third-order valence-corrected chi connectivity index (χ3v) is 6.28. The fourth-order valence-electron chi connectivity index (χ4n) is 3.85. The molecule has 242 valence electrons. The first-order chi connectivity index (χ1) is 20.7. The molecule has 0 aliphatic carbocycles. The molecule has 0 fully saturated rings. The minimum absolute atomic E-state index is 0. The zero-order valence-corrected chi connectivity index (χ0v) is 26.2. The molecule has 2 aromatic rings. The number of amides is 4. The van der Waals surface area contributed by atoms with E-state index in [-0.39, 0.29) is 34.9 Å². The molecule has 0 unspecified atom stereocenters. The van der Waals surface area contributed by atoms with Gasteiger partial charge in [-0.05, 0) is 36.1 Å². The van der Waals surface area contributed by atoms with E-state index in [0.717, 1.165) is 14.2 Å². The molecule has 0 aliphatic heterocycles. The summed E-state index contributed by atoms with van der Waals surface area (Å²) in [5.41, 5.74) is -0.899. The van der Waals surface area contributed by atoms with E-state index in [0.29, 0.717) is 0 Å². The fraction of sp³-hybridized carbons (Fsp3) is 0.333. The van der Waals surface area contributed by atoms with E-state index in [1.807, 2.05) is 0 Å². The van der Waals surface area contributed by atoms with E-state index in [1.54, 1.807) is 27.7 Å². The van der Waals surface area contributed by atoms with Crippen LogP contribution < -0.4 is 21.3 Å². The van der Waals surface area contributed by atoms with Crippen LogP contribution in [0.2, 0.25) is 0 Å². The number of rotatable bonds is 12. The molecule has 0 saturated heterocycles. The Hall–Kier alpha value is -5.11. The Morgan fingerprint density at radius 1 is 0.533 bits per heavy atom. The second-order valence-corrected chi connectivity index (χ2v) is 10.1. The van der Waals surface area contributed by atoms with Crippen molar-refractivity contribution >= 4 is 70.9 Å². The van der Waals surface area contributed by atoms with Crippen LogP contribution in [0.5, 0.6) is 0 Å². The number of nitrogens with one attached hydrogen (secondary N) is 4. The standard InChI is InChI=1S/C30H34N4O10.ClH/c1-15(2)21(29(41)43-5)33-25(37)23(35)17-11-7-9-13-19(17)31-27(39)28(40)32-20-14-10-8-12-18(20)24(36)26(38)34-22(16(3)4)30(42)44-6;/h7-16,21-22H,1-6H3,(H,31,39)(H,32,40)(H,33,37)(H,34,38);1H/t21-,22-;/m0./s1. The predicted molar refractivity (Wildman–Crippen MR) is 164 cm³/mol. The number of carbonyl (C=O) groups excluding carboxylic acids is 8. The summed E-state index contributed by atoms with van der Waals surface area (Å²) >= 11 is 0. The van der Waals surface area contributed by atoms with Crippen LogP contribution in [0.1, 0.15) is 48.4 Å². The number of hydrogen-bond donors (Lipinski definition) is 4. The zero-order valence-electron chi connectivity index (χ0n) is 25.4. The number of esters is 2. The summed E-state index contributed by atoms with van der Waals surface area (Å²) < 4.78 is 9.32. The minimum Gasteiger partial charge on any atom is -0.467 e. The molecule has 2 aromatic carbocycles. The zero-order chi connectivity index (χ0) is 33.1. The number of ketones is 2. The molecule has 2 rings (SSSR count). The highest BCUT2D eigenvalue weighted by Crippen LogP contribution is 2.19. The van der Waals surface area contributed by atoms with Crippen molar-refractivity contribution in [2.75, 3.05) is 24.9 Å². The van der Waals surface area contributed by atoms with E-state index < -0.39 is 71.1 Å². The summed E-state index contributed by atoms with van der Waals surface area (Å²) in [5.74, 6) is -9.30. The first kappa shape index (κ1) is 37.9. The number of halogens is 1. The van der Waals surface area contributed by atoms with Gasteiger partial charge >= 0.3 is 23.8 Å². The molecule has 0 aliphatic rings. The summed E-state index contributed by atoms with van der Waals surface area (Å²) in [4.78, 5) is 101. The van der Waals surface area contributed by atoms with Crippen LogP contribution >= 0.6 is 12.4 Å². The van der Waals surface area contributed by atoms with Gasteiger partial charge in [-0.2, -0.15) is 0 Å². The van der Waals surface area contributed by atoms with Crippen LogP contribution in [-0.2, 0) is 38.2 Å². The van der Waals surface area contributed by atoms with Crippen molar-refractivity contribution < 1.29 is 47.8 Å². The maximum absolute atomic E-state index is 12.9. The van der Waals surface area contributed by atoms with E-state index in [1.165, 1.54) is 48.5 Å². The normalized spacial score (nSPS) is 11.6. The number of Topliss-reactive ketones (excluding diaryl/α,β-unsaturated/α-hetero) is 2. The van der Waals surface area contributed by atoms with Crippen molar-refractivity contribution in [3.8, 4) is 0 Å². The van der Waals surface area contributed by atoms with Gasteiger partial charge in [0.05, 0.1) is 36.7 Å². The topological polar surface area (TPSA) is 203 Å². The highest BCUT2D eigenvalue weighted by molar-refractivity contribution is 6.48.